The van der Waals surface area contributed by atoms with Gasteiger partial charge < -0.3 is 15.3 Å². The van der Waals surface area contributed by atoms with Crippen molar-refractivity contribution in [3.8, 4) is 0 Å². The van der Waals surface area contributed by atoms with Crippen molar-refractivity contribution in [3.63, 3.8) is 0 Å². The van der Waals surface area contributed by atoms with Gasteiger partial charge in [-0.1, -0.05) is 28.1 Å². The third-order valence-electron chi connectivity index (χ3n) is 2.50. The van der Waals surface area contributed by atoms with Crippen molar-refractivity contribution in [1.29, 1.82) is 0 Å². The molecule has 0 bridgehead atoms. The molecule has 1 atom stereocenters. The maximum Gasteiger partial charge on any atom is 0.0917 e. The third kappa shape index (κ3) is 5.14. The quantitative estimate of drug-likeness (QED) is 0.696. The van der Waals surface area contributed by atoms with Gasteiger partial charge in [-0.05, 0) is 17.7 Å². The molecule has 1 aromatic rings. The average molecular weight is 304 g/mol. The fourth-order valence-corrected chi connectivity index (χ4v) is 2.06. The van der Waals surface area contributed by atoms with Crippen LogP contribution in [0.2, 0.25) is 0 Å². The average Bonchev–Trinajstić information content (AvgIpc) is 2.29. The van der Waals surface area contributed by atoms with Crippen LogP contribution in [-0.4, -0.2) is 53.1 Å². The van der Waals surface area contributed by atoms with Gasteiger partial charge in [0.25, 0.3) is 0 Å². The number of rotatable bonds is 7. The van der Waals surface area contributed by atoms with Crippen molar-refractivity contribution < 1.29 is 15.3 Å². The highest BCUT2D eigenvalue weighted by Crippen LogP contribution is 2.18. The Balaban J connectivity index is 2.59. The monoisotopic (exact) mass is 303 g/mol. The zero-order chi connectivity index (χ0) is 12.7. The van der Waals surface area contributed by atoms with Gasteiger partial charge in [0.2, 0.25) is 0 Å². The molecule has 3 N–H and O–H groups in total. The van der Waals surface area contributed by atoms with E-state index < -0.39 is 6.10 Å². The Bertz CT molecular complexity index is 329. The minimum atomic E-state index is -0.620. The van der Waals surface area contributed by atoms with Gasteiger partial charge in [0.05, 0.1) is 19.3 Å². The fourth-order valence-electron chi connectivity index (χ4n) is 1.64. The molecule has 0 aliphatic heterocycles. The first-order valence-corrected chi connectivity index (χ1v) is 6.34. The van der Waals surface area contributed by atoms with Crippen LogP contribution < -0.4 is 0 Å². The van der Waals surface area contributed by atoms with E-state index in [4.69, 9.17) is 10.2 Å². The molecule has 17 heavy (non-hydrogen) atoms. The second-order valence-corrected chi connectivity index (χ2v) is 4.73. The van der Waals surface area contributed by atoms with Crippen LogP contribution in [-0.2, 0) is 0 Å². The van der Waals surface area contributed by atoms with Gasteiger partial charge in [-0.25, -0.2) is 0 Å². The van der Waals surface area contributed by atoms with Gasteiger partial charge in [-0.15, -0.1) is 0 Å². The van der Waals surface area contributed by atoms with Gasteiger partial charge in [-0.3, -0.25) is 4.90 Å². The maximum atomic E-state index is 10.0. The Morgan fingerprint density at radius 3 is 2.35 bits per heavy atom. The molecule has 1 aromatic carbocycles. The van der Waals surface area contributed by atoms with Crippen LogP contribution in [0.4, 0.5) is 0 Å². The van der Waals surface area contributed by atoms with E-state index in [9.17, 15) is 5.11 Å². The van der Waals surface area contributed by atoms with Gasteiger partial charge in [0, 0.05) is 24.1 Å². The van der Waals surface area contributed by atoms with Crippen LogP contribution >= 0.6 is 15.9 Å². The van der Waals surface area contributed by atoms with Crippen LogP contribution in [0.25, 0.3) is 0 Å². The highest BCUT2D eigenvalue weighted by atomic mass is 79.9. The predicted octanol–water partition coefficient (Wildman–Crippen LogP) is 0.769. The zero-order valence-electron chi connectivity index (χ0n) is 9.59. The second kappa shape index (κ2) is 7.79. The predicted molar refractivity (Wildman–Crippen MR) is 69.7 cm³/mol. The summed E-state index contributed by atoms with van der Waals surface area (Å²) in [5, 5.41) is 27.8. The van der Waals surface area contributed by atoms with Crippen LogP contribution in [0, 0.1) is 0 Å². The highest BCUT2D eigenvalue weighted by Gasteiger charge is 2.13. The Hall–Kier alpha value is -0.460. The molecule has 0 heterocycles. The van der Waals surface area contributed by atoms with E-state index in [-0.39, 0.29) is 13.2 Å². The normalized spacial score (nSPS) is 13.0. The number of hydrogen-bond acceptors (Lipinski definition) is 4. The first-order valence-electron chi connectivity index (χ1n) is 5.55. The number of benzene rings is 1. The molecule has 0 saturated heterocycles. The molecule has 0 saturated carbocycles. The summed E-state index contributed by atoms with van der Waals surface area (Å²) in [6.07, 6.45) is -0.620. The number of hydrogen-bond donors (Lipinski definition) is 3. The molecule has 96 valence electrons. The lowest BCUT2D eigenvalue weighted by atomic mass is 10.1. The summed E-state index contributed by atoms with van der Waals surface area (Å²) in [6.45, 7) is 1.34. The third-order valence-corrected chi connectivity index (χ3v) is 2.99. The number of aliphatic hydroxyl groups excluding tert-OH is 3. The lowest BCUT2D eigenvalue weighted by Gasteiger charge is -2.23. The van der Waals surface area contributed by atoms with Crippen molar-refractivity contribution in [1.82, 2.24) is 4.90 Å². The fraction of sp³-hybridized carbons (Fsp3) is 0.500. The van der Waals surface area contributed by atoms with E-state index in [0.29, 0.717) is 19.6 Å². The first kappa shape index (κ1) is 14.6. The van der Waals surface area contributed by atoms with E-state index in [2.05, 4.69) is 15.9 Å². The molecular formula is C12H18BrNO3. The Morgan fingerprint density at radius 2 is 1.82 bits per heavy atom. The van der Waals surface area contributed by atoms with Crippen molar-refractivity contribution in [2.24, 2.45) is 0 Å². The summed E-state index contributed by atoms with van der Waals surface area (Å²) in [5.41, 5.74) is 0.820. The highest BCUT2D eigenvalue weighted by molar-refractivity contribution is 9.10. The van der Waals surface area contributed by atoms with E-state index >= 15 is 0 Å². The summed E-state index contributed by atoms with van der Waals surface area (Å²) < 4.78 is 0.921. The zero-order valence-corrected chi connectivity index (χ0v) is 11.2. The molecule has 1 rings (SSSR count). The minimum absolute atomic E-state index is 0.0191. The SMILES string of the molecule is OCCN(CCO)CC(O)c1cccc(Br)c1. The summed E-state index contributed by atoms with van der Waals surface area (Å²) in [6, 6.07) is 7.48. The number of aliphatic hydroxyl groups is 3. The Morgan fingerprint density at radius 1 is 1.18 bits per heavy atom. The standard InChI is InChI=1S/C12H18BrNO3/c13-11-3-1-2-10(8-11)12(17)9-14(4-6-15)5-7-16/h1-3,8,12,15-17H,4-7,9H2. The smallest absolute Gasteiger partial charge is 0.0917 e. The van der Waals surface area contributed by atoms with E-state index in [1.165, 1.54) is 0 Å². The minimum Gasteiger partial charge on any atom is -0.395 e. The molecule has 5 heteroatoms. The van der Waals surface area contributed by atoms with Gasteiger partial charge in [0.15, 0.2) is 0 Å². The largest absolute Gasteiger partial charge is 0.395 e. The van der Waals surface area contributed by atoms with Crippen LogP contribution in [0.5, 0.6) is 0 Å². The molecule has 0 radical (unpaired) electrons. The van der Waals surface area contributed by atoms with Crippen LogP contribution in [0.1, 0.15) is 11.7 Å². The molecule has 4 nitrogen and oxygen atoms in total. The lowest BCUT2D eigenvalue weighted by molar-refractivity contribution is 0.0874. The summed E-state index contributed by atoms with van der Waals surface area (Å²) in [7, 11) is 0. The van der Waals surface area contributed by atoms with Crippen molar-refractivity contribution >= 4 is 15.9 Å². The summed E-state index contributed by atoms with van der Waals surface area (Å²) in [4.78, 5) is 1.82. The topological polar surface area (TPSA) is 63.9 Å². The summed E-state index contributed by atoms with van der Waals surface area (Å²) >= 11 is 3.35. The lowest BCUT2D eigenvalue weighted by Crippen LogP contribution is -2.33. The van der Waals surface area contributed by atoms with Gasteiger partial charge in [0.1, 0.15) is 0 Å². The van der Waals surface area contributed by atoms with Gasteiger partial charge >= 0.3 is 0 Å². The first-order chi connectivity index (χ1) is 8.17. The molecule has 0 aromatic heterocycles. The van der Waals surface area contributed by atoms with E-state index in [1.807, 2.05) is 29.2 Å². The molecular weight excluding hydrogens is 286 g/mol. The number of halogens is 1. The van der Waals surface area contributed by atoms with E-state index in [0.717, 1.165) is 10.0 Å². The molecule has 0 aliphatic rings. The molecule has 0 spiro atoms. The van der Waals surface area contributed by atoms with Crippen molar-refractivity contribution in [2.75, 3.05) is 32.8 Å². The molecule has 0 aliphatic carbocycles. The van der Waals surface area contributed by atoms with Crippen molar-refractivity contribution in [3.05, 3.63) is 34.3 Å². The van der Waals surface area contributed by atoms with Gasteiger partial charge in [-0.2, -0.15) is 0 Å². The molecule has 0 amide bonds. The maximum absolute atomic E-state index is 10.0. The Kier molecular flexibility index (Phi) is 6.69. The van der Waals surface area contributed by atoms with Crippen molar-refractivity contribution in [2.45, 2.75) is 6.10 Å². The molecule has 1 unspecified atom stereocenters. The van der Waals surface area contributed by atoms with E-state index in [1.54, 1.807) is 0 Å². The second-order valence-electron chi connectivity index (χ2n) is 3.82. The Labute approximate surface area is 110 Å². The molecule has 0 fully saturated rings. The number of nitrogens with zero attached hydrogens (tertiary/aromatic N) is 1. The van der Waals surface area contributed by atoms with Crippen LogP contribution in [0.3, 0.4) is 0 Å². The summed E-state index contributed by atoms with van der Waals surface area (Å²) in [5.74, 6) is 0. The van der Waals surface area contributed by atoms with Crippen LogP contribution in [0.15, 0.2) is 28.7 Å².